The zero-order valence-electron chi connectivity index (χ0n) is 15.1. The molecule has 0 heterocycles. The van der Waals surface area contributed by atoms with Gasteiger partial charge in [0.25, 0.3) is 0 Å². The molecule has 0 saturated heterocycles. The summed E-state index contributed by atoms with van der Waals surface area (Å²) in [5, 5.41) is 0. The highest BCUT2D eigenvalue weighted by molar-refractivity contribution is 6.09. The number of carbonyl (C=O) groups is 2. The molecule has 0 bridgehead atoms. The molecule has 0 saturated carbocycles. The Morgan fingerprint density at radius 2 is 1.32 bits per heavy atom. The van der Waals surface area contributed by atoms with Gasteiger partial charge in [-0.3, -0.25) is 14.5 Å². The van der Waals surface area contributed by atoms with Gasteiger partial charge in [-0.1, -0.05) is 65.2 Å². The van der Waals surface area contributed by atoms with Crippen LogP contribution in [0.2, 0.25) is 0 Å². The molecule has 130 valence electrons. The highest BCUT2D eigenvalue weighted by Gasteiger charge is 2.43. The van der Waals surface area contributed by atoms with Crippen molar-refractivity contribution in [3.8, 4) is 0 Å². The summed E-state index contributed by atoms with van der Waals surface area (Å²) < 4.78 is 0. The van der Waals surface area contributed by atoms with Gasteiger partial charge in [-0.2, -0.15) is 0 Å². The minimum absolute atomic E-state index is 0.0320. The smallest absolute Gasteiger partial charge is 0.245 e. The van der Waals surface area contributed by atoms with Gasteiger partial charge in [-0.25, -0.2) is 0 Å². The maximum absolute atomic E-state index is 12.4. The number of carbonyl (C=O) groups excluding carboxylic acids is 2. The second-order valence-electron chi connectivity index (χ2n) is 6.47. The molecular formula is C18H36N2O2. The summed E-state index contributed by atoms with van der Waals surface area (Å²) in [6.45, 7) is 4.08. The third-order valence-electron chi connectivity index (χ3n) is 4.65. The van der Waals surface area contributed by atoms with E-state index in [4.69, 9.17) is 5.73 Å². The fourth-order valence-corrected chi connectivity index (χ4v) is 3.10. The van der Waals surface area contributed by atoms with E-state index in [-0.39, 0.29) is 5.78 Å². The van der Waals surface area contributed by atoms with Gasteiger partial charge in [0.05, 0.1) is 0 Å². The lowest BCUT2D eigenvalue weighted by atomic mass is 9.85. The number of nitrogens with two attached hydrogens (primary N) is 1. The van der Waals surface area contributed by atoms with E-state index in [1.165, 1.54) is 44.9 Å². The van der Waals surface area contributed by atoms with Crippen molar-refractivity contribution in [2.24, 2.45) is 5.73 Å². The molecule has 1 amide bonds. The number of unbranched alkanes of at least 4 members (excludes halogenated alkanes) is 8. The Morgan fingerprint density at radius 1 is 0.864 bits per heavy atom. The second kappa shape index (κ2) is 11.6. The van der Waals surface area contributed by atoms with Crippen LogP contribution in [0.5, 0.6) is 0 Å². The number of likely N-dealkylation sites (N-methyl/N-ethyl adjacent to an activating group) is 1. The van der Waals surface area contributed by atoms with Crippen LogP contribution in [0.1, 0.15) is 84.5 Å². The first-order valence-corrected chi connectivity index (χ1v) is 8.94. The summed E-state index contributed by atoms with van der Waals surface area (Å²) in [4.78, 5) is 25.9. The standard InChI is InChI=1S/C18H36N2O2/c1-5-7-8-9-10-11-12-13-14-15-16(21)18(6-2,17(19)22)20(3)4/h5-15H2,1-4H3,(H2,19,22). The Labute approximate surface area is 136 Å². The maximum Gasteiger partial charge on any atom is 0.245 e. The lowest BCUT2D eigenvalue weighted by Gasteiger charge is -2.34. The fourth-order valence-electron chi connectivity index (χ4n) is 3.10. The van der Waals surface area contributed by atoms with Gasteiger partial charge in [0, 0.05) is 6.42 Å². The fraction of sp³-hybridized carbons (Fsp3) is 0.889. The van der Waals surface area contributed by atoms with Crippen molar-refractivity contribution < 1.29 is 9.59 Å². The lowest BCUT2D eigenvalue weighted by Crippen LogP contribution is -2.59. The minimum Gasteiger partial charge on any atom is -0.368 e. The van der Waals surface area contributed by atoms with E-state index < -0.39 is 11.4 Å². The molecule has 0 aliphatic heterocycles. The molecule has 0 spiro atoms. The summed E-state index contributed by atoms with van der Waals surface area (Å²) in [6, 6.07) is 0. The average molecular weight is 312 g/mol. The van der Waals surface area contributed by atoms with E-state index >= 15 is 0 Å². The van der Waals surface area contributed by atoms with E-state index in [0.29, 0.717) is 12.8 Å². The first-order valence-electron chi connectivity index (χ1n) is 8.94. The molecule has 1 unspecified atom stereocenters. The monoisotopic (exact) mass is 312 g/mol. The van der Waals surface area contributed by atoms with Gasteiger partial charge in [-0.05, 0) is 26.9 Å². The van der Waals surface area contributed by atoms with Crippen LogP contribution in [0.15, 0.2) is 0 Å². The summed E-state index contributed by atoms with van der Waals surface area (Å²) in [6.07, 6.45) is 11.8. The van der Waals surface area contributed by atoms with E-state index in [1.54, 1.807) is 19.0 Å². The molecule has 0 rings (SSSR count). The van der Waals surface area contributed by atoms with Crippen LogP contribution in [0, 0.1) is 0 Å². The highest BCUT2D eigenvalue weighted by atomic mass is 16.2. The summed E-state index contributed by atoms with van der Waals surface area (Å²) in [7, 11) is 3.50. The number of hydrogen-bond acceptors (Lipinski definition) is 3. The van der Waals surface area contributed by atoms with Gasteiger partial charge in [-0.15, -0.1) is 0 Å². The lowest BCUT2D eigenvalue weighted by molar-refractivity contribution is -0.141. The molecule has 1 atom stereocenters. The molecule has 0 aromatic rings. The normalized spacial score (nSPS) is 14.0. The van der Waals surface area contributed by atoms with Crippen molar-refractivity contribution >= 4 is 11.7 Å². The Bertz CT molecular complexity index is 329. The van der Waals surface area contributed by atoms with Crippen molar-refractivity contribution in [1.29, 1.82) is 0 Å². The van der Waals surface area contributed by atoms with Crippen molar-refractivity contribution in [2.45, 2.75) is 90.0 Å². The van der Waals surface area contributed by atoms with E-state index in [0.717, 1.165) is 12.8 Å². The molecule has 4 nitrogen and oxygen atoms in total. The Hall–Kier alpha value is -0.900. The van der Waals surface area contributed by atoms with E-state index in [1.807, 2.05) is 6.92 Å². The zero-order chi connectivity index (χ0) is 17.0. The molecular weight excluding hydrogens is 276 g/mol. The zero-order valence-corrected chi connectivity index (χ0v) is 15.1. The van der Waals surface area contributed by atoms with Crippen molar-refractivity contribution in [2.75, 3.05) is 14.1 Å². The molecule has 22 heavy (non-hydrogen) atoms. The maximum atomic E-state index is 12.4. The average Bonchev–Trinajstić information content (AvgIpc) is 2.46. The van der Waals surface area contributed by atoms with E-state index in [9.17, 15) is 9.59 Å². The number of rotatable bonds is 14. The Morgan fingerprint density at radius 3 is 1.68 bits per heavy atom. The van der Waals surface area contributed by atoms with Gasteiger partial charge in [0.15, 0.2) is 11.3 Å². The molecule has 0 aromatic heterocycles. The van der Waals surface area contributed by atoms with Gasteiger partial charge in [0.1, 0.15) is 0 Å². The third-order valence-corrected chi connectivity index (χ3v) is 4.65. The first-order chi connectivity index (χ1) is 10.4. The number of hydrogen-bond donors (Lipinski definition) is 1. The number of amides is 1. The minimum atomic E-state index is -1.12. The van der Waals surface area contributed by atoms with E-state index in [2.05, 4.69) is 6.92 Å². The van der Waals surface area contributed by atoms with Gasteiger partial charge >= 0.3 is 0 Å². The van der Waals surface area contributed by atoms with Crippen LogP contribution >= 0.6 is 0 Å². The number of ketones is 1. The molecule has 0 radical (unpaired) electrons. The quantitative estimate of drug-likeness (QED) is 0.393. The summed E-state index contributed by atoms with van der Waals surface area (Å²) >= 11 is 0. The largest absolute Gasteiger partial charge is 0.368 e. The topological polar surface area (TPSA) is 63.4 Å². The predicted molar refractivity (Wildman–Crippen MR) is 92.8 cm³/mol. The van der Waals surface area contributed by atoms with Gasteiger partial charge < -0.3 is 5.73 Å². The number of primary amides is 1. The predicted octanol–water partition coefficient (Wildman–Crippen LogP) is 3.67. The molecule has 0 aliphatic rings. The molecule has 0 aliphatic carbocycles. The summed E-state index contributed by atoms with van der Waals surface area (Å²) in [5.41, 5.74) is 4.37. The highest BCUT2D eigenvalue weighted by Crippen LogP contribution is 2.21. The van der Waals surface area contributed by atoms with Gasteiger partial charge in [0.2, 0.25) is 5.91 Å². The van der Waals surface area contributed by atoms with Crippen molar-refractivity contribution in [3.63, 3.8) is 0 Å². The molecule has 0 fully saturated rings. The van der Waals surface area contributed by atoms with Crippen molar-refractivity contribution in [1.82, 2.24) is 4.90 Å². The number of Topliss-reactive ketones (excluding diaryl/α,β-unsaturated/α-hetero) is 1. The van der Waals surface area contributed by atoms with Crippen LogP contribution < -0.4 is 5.73 Å². The van der Waals surface area contributed by atoms with Crippen LogP contribution in [0.25, 0.3) is 0 Å². The van der Waals surface area contributed by atoms with Crippen LogP contribution in [0.3, 0.4) is 0 Å². The number of nitrogens with zero attached hydrogens (tertiary/aromatic N) is 1. The second-order valence-corrected chi connectivity index (χ2v) is 6.47. The van der Waals surface area contributed by atoms with Crippen LogP contribution in [0.4, 0.5) is 0 Å². The first kappa shape index (κ1) is 21.1. The van der Waals surface area contributed by atoms with Crippen LogP contribution in [-0.2, 0) is 9.59 Å². The Kier molecular flexibility index (Phi) is 11.2. The van der Waals surface area contributed by atoms with Crippen molar-refractivity contribution in [3.05, 3.63) is 0 Å². The SMILES string of the molecule is CCCCCCCCCCCC(=O)C(CC)(C(N)=O)N(C)C. The molecule has 0 aromatic carbocycles. The summed E-state index contributed by atoms with van der Waals surface area (Å²) in [5.74, 6) is -0.559. The molecule has 4 heteroatoms. The van der Waals surface area contributed by atoms with Crippen LogP contribution in [-0.4, -0.2) is 36.2 Å². The molecule has 2 N–H and O–H groups in total. The third kappa shape index (κ3) is 6.47. The Balaban J connectivity index is 3.99.